The van der Waals surface area contributed by atoms with Gasteiger partial charge in [-0.3, -0.25) is 0 Å². The fourth-order valence-corrected chi connectivity index (χ4v) is 3.60. The highest BCUT2D eigenvalue weighted by Crippen LogP contribution is 2.33. The van der Waals surface area contributed by atoms with Crippen LogP contribution in [0.2, 0.25) is 0 Å². The van der Waals surface area contributed by atoms with Crippen LogP contribution in [-0.2, 0) is 6.42 Å². The Balaban J connectivity index is 1.57. The Morgan fingerprint density at radius 1 is 1.29 bits per heavy atom. The van der Waals surface area contributed by atoms with E-state index in [0.29, 0.717) is 6.04 Å². The Labute approximate surface area is 126 Å². The number of hydrogen-bond donors (Lipinski definition) is 1. The topological polar surface area (TPSA) is 26.7 Å². The molecule has 21 heavy (non-hydrogen) atoms. The van der Waals surface area contributed by atoms with Crippen LogP contribution in [0.15, 0.2) is 18.2 Å². The van der Waals surface area contributed by atoms with Gasteiger partial charge in [-0.2, -0.15) is 0 Å². The van der Waals surface area contributed by atoms with Crippen LogP contribution in [-0.4, -0.2) is 48.3 Å². The molecule has 0 saturated carbocycles. The van der Waals surface area contributed by atoms with Gasteiger partial charge in [0.25, 0.3) is 0 Å². The van der Waals surface area contributed by atoms with Gasteiger partial charge in [0.2, 0.25) is 0 Å². The lowest BCUT2D eigenvalue weighted by molar-refractivity contribution is 0.142. The van der Waals surface area contributed by atoms with Crippen LogP contribution in [0.5, 0.6) is 0 Å². The van der Waals surface area contributed by atoms with E-state index in [4.69, 9.17) is 0 Å². The predicted molar refractivity (Wildman–Crippen MR) is 83.2 cm³/mol. The molecule has 4 heteroatoms. The monoisotopic (exact) mass is 292 g/mol. The van der Waals surface area contributed by atoms with E-state index in [2.05, 4.69) is 9.80 Å². The average Bonchev–Trinajstić information content (AvgIpc) is 2.88. The summed E-state index contributed by atoms with van der Waals surface area (Å²) < 4.78 is 13.3. The van der Waals surface area contributed by atoms with Gasteiger partial charge in [-0.05, 0) is 56.4 Å². The maximum absolute atomic E-state index is 13.3. The van der Waals surface area contributed by atoms with E-state index < -0.39 is 0 Å². The van der Waals surface area contributed by atoms with Crippen LogP contribution < -0.4 is 4.90 Å². The molecule has 1 aromatic carbocycles. The van der Waals surface area contributed by atoms with Crippen LogP contribution >= 0.6 is 0 Å². The molecule has 2 heterocycles. The number of piperidine rings is 1. The minimum absolute atomic E-state index is 0.122. The second kappa shape index (κ2) is 6.32. The first-order valence-corrected chi connectivity index (χ1v) is 8.09. The first kappa shape index (κ1) is 14.8. The number of likely N-dealkylation sites (tertiary alicyclic amines) is 1. The number of halogens is 1. The molecule has 1 unspecified atom stereocenters. The number of benzene rings is 1. The summed E-state index contributed by atoms with van der Waals surface area (Å²) in [6, 6.07) is 5.79. The zero-order valence-electron chi connectivity index (χ0n) is 12.8. The minimum Gasteiger partial charge on any atom is -0.393 e. The summed E-state index contributed by atoms with van der Waals surface area (Å²) in [5.41, 5.74) is 2.39. The number of aliphatic hydroxyl groups is 1. The standard InChI is InChI=1S/C17H25FN2O/c1-13(21)4-8-19-9-6-16(7-10-19)20-11-5-14-12-15(18)2-3-17(14)20/h2-3,12-13,16,21H,4-11H2,1H3. The van der Waals surface area contributed by atoms with Gasteiger partial charge < -0.3 is 14.9 Å². The molecule has 1 saturated heterocycles. The molecule has 0 radical (unpaired) electrons. The van der Waals surface area contributed by atoms with E-state index in [1.54, 1.807) is 12.1 Å². The van der Waals surface area contributed by atoms with E-state index in [1.807, 2.05) is 13.0 Å². The van der Waals surface area contributed by atoms with Crippen LogP contribution in [0.3, 0.4) is 0 Å². The number of anilines is 1. The summed E-state index contributed by atoms with van der Waals surface area (Å²) in [6.45, 7) is 6.07. The van der Waals surface area contributed by atoms with Gasteiger partial charge in [0.15, 0.2) is 0 Å². The number of nitrogens with zero attached hydrogens (tertiary/aromatic N) is 2. The van der Waals surface area contributed by atoms with E-state index in [9.17, 15) is 9.50 Å². The lowest BCUT2D eigenvalue weighted by Crippen LogP contribution is -2.45. The molecule has 3 rings (SSSR count). The Hall–Kier alpha value is -1.13. The number of aliphatic hydroxyl groups excluding tert-OH is 1. The van der Waals surface area contributed by atoms with Crippen molar-refractivity contribution in [3.8, 4) is 0 Å². The van der Waals surface area contributed by atoms with Gasteiger partial charge >= 0.3 is 0 Å². The van der Waals surface area contributed by atoms with Crippen LogP contribution in [0.1, 0.15) is 31.7 Å². The van der Waals surface area contributed by atoms with Gasteiger partial charge in [0.05, 0.1) is 6.10 Å². The molecule has 0 spiro atoms. The van der Waals surface area contributed by atoms with Crippen molar-refractivity contribution in [3.63, 3.8) is 0 Å². The normalized spacial score (nSPS) is 21.6. The second-order valence-corrected chi connectivity index (χ2v) is 6.43. The average molecular weight is 292 g/mol. The van der Waals surface area contributed by atoms with Crippen molar-refractivity contribution >= 4 is 5.69 Å². The van der Waals surface area contributed by atoms with Gasteiger partial charge in [0.1, 0.15) is 5.82 Å². The maximum Gasteiger partial charge on any atom is 0.123 e. The predicted octanol–water partition coefficient (Wildman–Crippen LogP) is 2.42. The quantitative estimate of drug-likeness (QED) is 0.923. The van der Waals surface area contributed by atoms with Gasteiger partial charge in [-0.1, -0.05) is 0 Å². The Bertz CT molecular complexity index is 484. The third-order valence-electron chi connectivity index (χ3n) is 4.83. The number of rotatable bonds is 4. The molecule has 2 aliphatic heterocycles. The third kappa shape index (κ3) is 3.38. The molecule has 1 aromatic rings. The smallest absolute Gasteiger partial charge is 0.123 e. The van der Waals surface area contributed by atoms with E-state index in [1.165, 1.54) is 5.69 Å². The van der Waals surface area contributed by atoms with Crippen LogP contribution in [0.4, 0.5) is 10.1 Å². The highest BCUT2D eigenvalue weighted by atomic mass is 19.1. The van der Waals surface area contributed by atoms with E-state index in [-0.39, 0.29) is 11.9 Å². The molecule has 0 bridgehead atoms. The highest BCUT2D eigenvalue weighted by molar-refractivity contribution is 5.58. The lowest BCUT2D eigenvalue weighted by Gasteiger charge is -2.38. The second-order valence-electron chi connectivity index (χ2n) is 6.43. The van der Waals surface area contributed by atoms with Crippen molar-refractivity contribution in [1.82, 2.24) is 4.90 Å². The van der Waals surface area contributed by atoms with Gasteiger partial charge in [0, 0.05) is 37.9 Å². The fourth-order valence-electron chi connectivity index (χ4n) is 3.60. The highest BCUT2D eigenvalue weighted by Gasteiger charge is 2.29. The van der Waals surface area contributed by atoms with Gasteiger partial charge in [-0.25, -0.2) is 4.39 Å². The Morgan fingerprint density at radius 3 is 2.76 bits per heavy atom. The zero-order chi connectivity index (χ0) is 14.8. The summed E-state index contributed by atoms with van der Waals surface area (Å²) in [4.78, 5) is 4.92. The molecule has 3 nitrogen and oxygen atoms in total. The summed E-state index contributed by atoms with van der Waals surface area (Å²) in [5.74, 6) is -0.122. The molecule has 0 amide bonds. The Kier molecular flexibility index (Phi) is 4.45. The molecular weight excluding hydrogens is 267 g/mol. The summed E-state index contributed by atoms with van der Waals surface area (Å²) in [6.07, 6.45) is 3.95. The molecular formula is C17H25FN2O. The van der Waals surface area contributed by atoms with Crippen molar-refractivity contribution in [2.75, 3.05) is 31.1 Å². The van der Waals surface area contributed by atoms with Gasteiger partial charge in [-0.15, -0.1) is 0 Å². The summed E-state index contributed by atoms with van der Waals surface area (Å²) in [7, 11) is 0. The lowest BCUT2D eigenvalue weighted by atomic mass is 10.0. The number of hydrogen-bond acceptors (Lipinski definition) is 3. The van der Waals surface area contributed by atoms with Crippen molar-refractivity contribution < 1.29 is 9.50 Å². The van der Waals surface area contributed by atoms with E-state index in [0.717, 1.165) is 57.4 Å². The van der Waals surface area contributed by atoms with Crippen LogP contribution in [0.25, 0.3) is 0 Å². The largest absolute Gasteiger partial charge is 0.393 e. The van der Waals surface area contributed by atoms with Crippen LogP contribution in [0, 0.1) is 5.82 Å². The van der Waals surface area contributed by atoms with Crippen molar-refractivity contribution in [2.24, 2.45) is 0 Å². The molecule has 2 aliphatic rings. The van der Waals surface area contributed by atoms with Crippen molar-refractivity contribution in [3.05, 3.63) is 29.6 Å². The Morgan fingerprint density at radius 2 is 2.05 bits per heavy atom. The third-order valence-corrected chi connectivity index (χ3v) is 4.83. The SMILES string of the molecule is CC(O)CCN1CCC(N2CCc3cc(F)ccc32)CC1. The molecule has 0 aromatic heterocycles. The first-order chi connectivity index (χ1) is 10.1. The summed E-state index contributed by atoms with van der Waals surface area (Å²) >= 11 is 0. The summed E-state index contributed by atoms with van der Waals surface area (Å²) in [5, 5.41) is 9.37. The molecule has 1 fully saturated rings. The van der Waals surface area contributed by atoms with Crippen molar-refractivity contribution in [1.29, 1.82) is 0 Å². The molecule has 116 valence electrons. The molecule has 1 atom stereocenters. The zero-order valence-corrected chi connectivity index (χ0v) is 12.8. The minimum atomic E-state index is -0.205. The fraction of sp³-hybridized carbons (Fsp3) is 0.647. The van der Waals surface area contributed by atoms with E-state index >= 15 is 0 Å². The molecule has 0 aliphatic carbocycles. The maximum atomic E-state index is 13.3. The molecule has 1 N–H and O–H groups in total. The number of fused-ring (bicyclic) bond motifs is 1. The first-order valence-electron chi connectivity index (χ1n) is 8.09. The van der Waals surface area contributed by atoms with Crippen molar-refractivity contribution in [2.45, 2.75) is 44.8 Å².